The van der Waals surface area contributed by atoms with Crippen LogP contribution in [0.4, 0.5) is 0 Å². The van der Waals surface area contributed by atoms with Gasteiger partial charge in [-0.2, -0.15) is 4.31 Å². The third-order valence-corrected chi connectivity index (χ3v) is 6.55. The van der Waals surface area contributed by atoms with Crippen molar-refractivity contribution in [1.82, 2.24) is 8.87 Å². The van der Waals surface area contributed by atoms with Gasteiger partial charge in [-0.25, -0.2) is 13.2 Å². The molecule has 0 spiro atoms. The van der Waals surface area contributed by atoms with E-state index in [0.717, 1.165) is 12.2 Å². The summed E-state index contributed by atoms with van der Waals surface area (Å²) in [4.78, 5) is 11.9. The van der Waals surface area contributed by atoms with Crippen LogP contribution < -0.4 is 5.76 Å². The molecule has 25 heavy (non-hydrogen) atoms. The average Bonchev–Trinajstić information content (AvgIpc) is 3.32. The number of aromatic nitrogens is 1. The zero-order valence-electron chi connectivity index (χ0n) is 13.7. The molecule has 1 atom stereocenters. The van der Waals surface area contributed by atoms with Crippen molar-refractivity contribution in [3.05, 3.63) is 52.9 Å². The van der Waals surface area contributed by atoms with Crippen molar-refractivity contribution in [3.63, 3.8) is 0 Å². The summed E-state index contributed by atoms with van der Waals surface area (Å²) in [6, 6.07) is 8.25. The largest absolute Gasteiger partial charge is 0.469 e. The molecule has 0 radical (unpaired) electrons. The van der Waals surface area contributed by atoms with Crippen molar-refractivity contribution < 1.29 is 17.3 Å². The molecule has 1 fully saturated rings. The van der Waals surface area contributed by atoms with Crippen LogP contribution in [0, 0.1) is 0 Å². The van der Waals surface area contributed by atoms with Crippen LogP contribution in [-0.2, 0) is 16.6 Å². The number of furan rings is 1. The van der Waals surface area contributed by atoms with Crippen LogP contribution in [0.15, 0.2) is 55.1 Å². The van der Waals surface area contributed by atoms with Crippen molar-refractivity contribution in [1.29, 1.82) is 0 Å². The molecular formula is C17H18N2O5S. The highest BCUT2D eigenvalue weighted by Crippen LogP contribution is 2.32. The summed E-state index contributed by atoms with van der Waals surface area (Å²) in [6.45, 7) is 3.12. The van der Waals surface area contributed by atoms with Crippen molar-refractivity contribution in [2.45, 2.75) is 30.7 Å². The van der Waals surface area contributed by atoms with Crippen LogP contribution in [0.25, 0.3) is 11.1 Å². The Balaban J connectivity index is 1.66. The second kappa shape index (κ2) is 5.89. The van der Waals surface area contributed by atoms with E-state index in [9.17, 15) is 13.2 Å². The molecular weight excluding hydrogens is 344 g/mol. The van der Waals surface area contributed by atoms with Gasteiger partial charge in [0.25, 0.3) is 0 Å². The highest BCUT2D eigenvalue weighted by molar-refractivity contribution is 7.89. The van der Waals surface area contributed by atoms with Gasteiger partial charge in [0, 0.05) is 31.6 Å². The first-order valence-corrected chi connectivity index (χ1v) is 9.61. The lowest BCUT2D eigenvalue weighted by Gasteiger charge is -2.16. The Hall–Kier alpha value is -2.32. The normalized spacial score (nSPS) is 19.0. The van der Waals surface area contributed by atoms with E-state index in [1.54, 1.807) is 18.4 Å². The quantitative estimate of drug-likeness (QED) is 0.711. The second-order valence-electron chi connectivity index (χ2n) is 6.11. The Morgan fingerprint density at radius 1 is 1.28 bits per heavy atom. The topological polar surface area (TPSA) is 85.7 Å². The molecule has 0 N–H and O–H groups in total. The van der Waals surface area contributed by atoms with E-state index in [-0.39, 0.29) is 16.4 Å². The SMILES string of the molecule is CCn1c(=O)oc2cc(S(=O)(=O)N3CCC(c4ccco4)C3)ccc21. The molecule has 0 aliphatic carbocycles. The molecule has 7 nitrogen and oxygen atoms in total. The number of fused-ring (bicyclic) bond motifs is 1. The lowest BCUT2D eigenvalue weighted by molar-refractivity contribution is 0.445. The molecule has 1 aromatic carbocycles. The fraction of sp³-hybridized carbons (Fsp3) is 0.353. The molecule has 1 saturated heterocycles. The van der Waals surface area contributed by atoms with Gasteiger partial charge < -0.3 is 8.83 Å². The Bertz CT molecular complexity index is 1060. The Morgan fingerprint density at radius 3 is 2.84 bits per heavy atom. The fourth-order valence-electron chi connectivity index (χ4n) is 3.36. The summed E-state index contributed by atoms with van der Waals surface area (Å²) in [5.41, 5.74) is 0.885. The molecule has 1 unspecified atom stereocenters. The summed E-state index contributed by atoms with van der Waals surface area (Å²) in [7, 11) is -3.64. The van der Waals surface area contributed by atoms with Crippen LogP contribution in [0.1, 0.15) is 25.0 Å². The molecule has 3 heterocycles. The zero-order chi connectivity index (χ0) is 17.6. The van der Waals surface area contributed by atoms with Gasteiger partial charge in [0.05, 0.1) is 16.7 Å². The maximum absolute atomic E-state index is 12.9. The first-order chi connectivity index (χ1) is 12.0. The standard InChI is InChI=1S/C17H18N2O5S/c1-2-19-14-6-5-13(10-16(14)24-17(19)20)25(21,22)18-8-7-12(11-18)15-4-3-9-23-15/h3-6,9-10,12H,2,7-8,11H2,1H3. The van der Waals surface area contributed by atoms with Crippen molar-refractivity contribution in [3.8, 4) is 0 Å². The number of nitrogens with zero attached hydrogens (tertiary/aromatic N) is 2. The first kappa shape index (κ1) is 16.2. The fourth-order valence-corrected chi connectivity index (χ4v) is 4.87. The number of hydrogen-bond acceptors (Lipinski definition) is 5. The first-order valence-electron chi connectivity index (χ1n) is 8.17. The van der Waals surface area contributed by atoms with Gasteiger partial charge in [-0.05, 0) is 37.6 Å². The van der Waals surface area contributed by atoms with E-state index in [1.165, 1.54) is 21.0 Å². The number of aryl methyl sites for hydroxylation is 1. The van der Waals surface area contributed by atoms with E-state index >= 15 is 0 Å². The Kier molecular flexibility index (Phi) is 3.81. The summed E-state index contributed by atoms with van der Waals surface area (Å²) in [5.74, 6) is 0.387. The maximum atomic E-state index is 12.9. The van der Waals surface area contributed by atoms with E-state index in [4.69, 9.17) is 8.83 Å². The summed E-state index contributed by atoms with van der Waals surface area (Å²) >= 11 is 0. The number of sulfonamides is 1. The second-order valence-corrected chi connectivity index (χ2v) is 8.04. The Morgan fingerprint density at radius 2 is 2.12 bits per heavy atom. The molecule has 0 amide bonds. The van der Waals surface area contributed by atoms with E-state index in [0.29, 0.717) is 25.2 Å². The summed E-state index contributed by atoms with van der Waals surface area (Å²) in [5, 5.41) is 0. The minimum Gasteiger partial charge on any atom is -0.469 e. The smallest absolute Gasteiger partial charge is 0.419 e. The molecule has 1 aliphatic rings. The number of hydrogen-bond donors (Lipinski definition) is 0. The van der Waals surface area contributed by atoms with E-state index < -0.39 is 15.8 Å². The van der Waals surface area contributed by atoms with Crippen molar-refractivity contribution in [2.75, 3.05) is 13.1 Å². The summed E-state index contributed by atoms with van der Waals surface area (Å²) < 4.78 is 39.3. The minimum absolute atomic E-state index is 0.0626. The van der Waals surface area contributed by atoms with E-state index in [1.807, 2.05) is 13.0 Å². The molecule has 1 aliphatic heterocycles. The van der Waals surface area contributed by atoms with Gasteiger partial charge >= 0.3 is 5.76 Å². The molecule has 0 saturated carbocycles. The number of oxazole rings is 1. The van der Waals surface area contributed by atoms with Crippen LogP contribution >= 0.6 is 0 Å². The maximum Gasteiger partial charge on any atom is 0.419 e. The van der Waals surface area contributed by atoms with Gasteiger partial charge in [-0.1, -0.05) is 0 Å². The van der Waals surface area contributed by atoms with Crippen molar-refractivity contribution >= 4 is 21.1 Å². The zero-order valence-corrected chi connectivity index (χ0v) is 14.5. The number of rotatable bonds is 4. The van der Waals surface area contributed by atoms with Gasteiger partial charge in [0.1, 0.15) is 5.76 Å². The van der Waals surface area contributed by atoms with Gasteiger partial charge in [-0.3, -0.25) is 4.57 Å². The third kappa shape index (κ3) is 2.61. The van der Waals surface area contributed by atoms with Crippen LogP contribution in [0.2, 0.25) is 0 Å². The molecule has 8 heteroatoms. The lowest BCUT2D eigenvalue weighted by atomic mass is 10.1. The molecule has 2 aromatic heterocycles. The Labute approximate surface area is 144 Å². The third-order valence-electron chi connectivity index (χ3n) is 4.69. The average molecular weight is 362 g/mol. The van der Waals surface area contributed by atoms with Crippen molar-refractivity contribution in [2.24, 2.45) is 0 Å². The monoisotopic (exact) mass is 362 g/mol. The molecule has 0 bridgehead atoms. The van der Waals surface area contributed by atoms with Gasteiger partial charge in [0.2, 0.25) is 10.0 Å². The minimum atomic E-state index is -3.64. The van der Waals surface area contributed by atoms with Gasteiger partial charge in [-0.15, -0.1) is 0 Å². The highest BCUT2D eigenvalue weighted by Gasteiger charge is 2.34. The predicted octanol–water partition coefficient (Wildman–Crippen LogP) is 2.39. The van der Waals surface area contributed by atoms with E-state index in [2.05, 4.69) is 0 Å². The van der Waals surface area contributed by atoms with Gasteiger partial charge in [0.15, 0.2) is 5.58 Å². The molecule has 4 rings (SSSR count). The summed E-state index contributed by atoms with van der Waals surface area (Å²) in [6.07, 6.45) is 2.32. The highest BCUT2D eigenvalue weighted by atomic mass is 32.2. The molecule has 132 valence electrons. The number of benzene rings is 1. The predicted molar refractivity (Wildman–Crippen MR) is 91.0 cm³/mol. The van der Waals surface area contributed by atoms with Crippen LogP contribution in [0.5, 0.6) is 0 Å². The lowest BCUT2D eigenvalue weighted by Crippen LogP contribution is -2.28. The molecule has 3 aromatic rings. The van der Waals surface area contributed by atoms with Crippen LogP contribution in [-0.4, -0.2) is 30.4 Å². The van der Waals surface area contributed by atoms with Crippen LogP contribution in [0.3, 0.4) is 0 Å².